The fraction of sp³-hybridized carbons (Fsp3) is 0.588. The van der Waals surface area contributed by atoms with Crippen molar-refractivity contribution in [3.63, 3.8) is 0 Å². The summed E-state index contributed by atoms with van der Waals surface area (Å²) < 4.78 is 5.28. The van der Waals surface area contributed by atoms with E-state index in [2.05, 4.69) is 11.0 Å². The van der Waals surface area contributed by atoms with Gasteiger partial charge in [0.1, 0.15) is 11.8 Å². The molecule has 2 rings (SSSR count). The first-order valence-corrected chi connectivity index (χ1v) is 7.63. The van der Waals surface area contributed by atoms with Crippen LogP contribution in [0.1, 0.15) is 43.7 Å². The first kappa shape index (κ1) is 15.8. The third-order valence-electron chi connectivity index (χ3n) is 4.13. The molecule has 21 heavy (non-hydrogen) atoms. The van der Waals surface area contributed by atoms with Crippen molar-refractivity contribution in [2.24, 2.45) is 0 Å². The van der Waals surface area contributed by atoms with E-state index in [1.54, 1.807) is 7.11 Å². The maximum Gasteiger partial charge on any atom is 0.136 e. The lowest BCUT2D eigenvalue weighted by atomic mass is 9.96. The Kier molecular flexibility index (Phi) is 5.60. The molecule has 0 aromatic heterocycles. The molecule has 1 aliphatic heterocycles. The molecule has 0 spiro atoms. The van der Waals surface area contributed by atoms with Gasteiger partial charge in [0.25, 0.3) is 0 Å². The lowest BCUT2D eigenvalue weighted by Gasteiger charge is -2.36. The highest BCUT2D eigenvalue weighted by Gasteiger charge is 2.23. The predicted octanol–water partition coefficient (Wildman–Crippen LogP) is 2.69. The topological polar surface area (TPSA) is 56.5 Å². The Hall–Kier alpha value is -1.57. The third kappa shape index (κ3) is 4.20. The zero-order valence-corrected chi connectivity index (χ0v) is 12.9. The summed E-state index contributed by atoms with van der Waals surface area (Å²) in [6, 6.07) is 8.35. The van der Waals surface area contributed by atoms with E-state index in [9.17, 15) is 5.11 Å². The maximum atomic E-state index is 9.66. The van der Waals surface area contributed by atoms with Crippen molar-refractivity contribution in [2.75, 3.05) is 13.7 Å². The fourth-order valence-corrected chi connectivity index (χ4v) is 3.09. The minimum Gasteiger partial charge on any atom is -0.495 e. The van der Waals surface area contributed by atoms with Crippen molar-refractivity contribution in [1.29, 1.82) is 5.26 Å². The van der Waals surface area contributed by atoms with E-state index < -0.39 is 0 Å². The van der Waals surface area contributed by atoms with Crippen molar-refractivity contribution in [1.82, 2.24) is 4.90 Å². The number of hydrogen-bond acceptors (Lipinski definition) is 4. The minimum atomic E-state index is -0.258. The van der Waals surface area contributed by atoms with Crippen LogP contribution in [-0.4, -0.2) is 35.8 Å². The van der Waals surface area contributed by atoms with Crippen molar-refractivity contribution in [2.45, 2.75) is 51.3 Å². The second-order valence-electron chi connectivity index (χ2n) is 5.85. The van der Waals surface area contributed by atoms with E-state index >= 15 is 0 Å². The number of nitriles is 1. The standard InChI is InChI=1S/C17H24N2O2/c1-13(20)9-16-5-3-4-8-19(16)12-14-6-7-15(11-18)17(10-14)21-2/h6-7,10,13,16,20H,3-5,8-9,12H2,1-2H3. The first-order valence-electron chi connectivity index (χ1n) is 7.63. The average Bonchev–Trinajstić information content (AvgIpc) is 2.48. The normalized spacial score (nSPS) is 20.8. The summed E-state index contributed by atoms with van der Waals surface area (Å²) in [5.74, 6) is 0.638. The number of nitrogens with zero attached hydrogens (tertiary/aromatic N) is 2. The third-order valence-corrected chi connectivity index (χ3v) is 4.13. The van der Waals surface area contributed by atoms with Crippen LogP contribution in [0.3, 0.4) is 0 Å². The van der Waals surface area contributed by atoms with Crippen LogP contribution < -0.4 is 4.74 Å². The van der Waals surface area contributed by atoms with Gasteiger partial charge in [-0.2, -0.15) is 5.26 Å². The highest BCUT2D eigenvalue weighted by Crippen LogP contribution is 2.25. The van der Waals surface area contributed by atoms with Crippen LogP contribution in [0, 0.1) is 11.3 Å². The summed E-state index contributed by atoms with van der Waals surface area (Å²) in [5, 5.41) is 18.7. The number of piperidine rings is 1. The summed E-state index contributed by atoms with van der Waals surface area (Å²) in [7, 11) is 1.59. The Morgan fingerprint density at radius 1 is 1.48 bits per heavy atom. The molecule has 1 saturated heterocycles. The Labute approximate surface area is 127 Å². The predicted molar refractivity (Wildman–Crippen MR) is 82.1 cm³/mol. The molecule has 4 heteroatoms. The maximum absolute atomic E-state index is 9.66. The van der Waals surface area contributed by atoms with E-state index in [-0.39, 0.29) is 6.10 Å². The van der Waals surface area contributed by atoms with Gasteiger partial charge < -0.3 is 9.84 Å². The molecule has 1 aliphatic rings. The van der Waals surface area contributed by atoms with Gasteiger partial charge in [0.15, 0.2) is 0 Å². The quantitative estimate of drug-likeness (QED) is 0.905. The van der Waals surface area contributed by atoms with Gasteiger partial charge in [0.05, 0.1) is 18.8 Å². The number of aliphatic hydroxyl groups excluding tert-OH is 1. The second-order valence-corrected chi connectivity index (χ2v) is 5.85. The second kappa shape index (κ2) is 7.44. The Morgan fingerprint density at radius 3 is 2.95 bits per heavy atom. The summed E-state index contributed by atoms with van der Waals surface area (Å²) >= 11 is 0. The summed E-state index contributed by atoms with van der Waals surface area (Å²) in [4.78, 5) is 2.44. The van der Waals surface area contributed by atoms with Crippen LogP contribution in [-0.2, 0) is 6.54 Å². The molecule has 0 amide bonds. The van der Waals surface area contributed by atoms with Gasteiger partial charge in [-0.1, -0.05) is 12.5 Å². The van der Waals surface area contributed by atoms with Gasteiger partial charge in [-0.05, 0) is 50.4 Å². The lowest BCUT2D eigenvalue weighted by Crippen LogP contribution is -2.40. The summed E-state index contributed by atoms with van der Waals surface area (Å²) in [6.45, 7) is 3.77. The van der Waals surface area contributed by atoms with Gasteiger partial charge in [-0.25, -0.2) is 0 Å². The molecule has 2 atom stereocenters. The fourth-order valence-electron chi connectivity index (χ4n) is 3.09. The van der Waals surface area contributed by atoms with Crippen molar-refractivity contribution < 1.29 is 9.84 Å². The lowest BCUT2D eigenvalue weighted by molar-refractivity contribution is 0.0817. The SMILES string of the molecule is COc1cc(CN2CCCCC2CC(C)O)ccc1C#N. The van der Waals surface area contributed by atoms with Gasteiger partial charge in [0.2, 0.25) is 0 Å². The van der Waals surface area contributed by atoms with Crippen LogP contribution in [0.25, 0.3) is 0 Å². The van der Waals surface area contributed by atoms with Crippen LogP contribution in [0.5, 0.6) is 5.75 Å². The van der Waals surface area contributed by atoms with E-state index in [0.29, 0.717) is 17.4 Å². The van der Waals surface area contributed by atoms with Crippen molar-refractivity contribution in [3.8, 4) is 11.8 Å². The Balaban J connectivity index is 2.10. The van der Waals surface area contributed by atoms with Crippen LogP contribution in [0.15, 0.2) is 18.2 Å². The largest absolute Gasteiger partial charge is 0.495 e. The molecule has 114 valence electrons. The smallest absolute Gasteiger partial charge is 0.136 e. The zero-order chi connectivity index (χ0) is 15.2. The number of likely N-dealkylation sites (tertiary alicyclic amines) is 1. The number of hydrogen-bond donors (Lipinski definition) is 1. The molecular weight excluding hydrogens is 264 g/mol. The molecule has 1 N–H and O–H groups in total. The molecule has 0 aliphatic carbocycles. The number of benzene rings is 1. The highest BCUT2D eigenvalue weighted by atomic mass is 16.5. The minimum absolute atomic E-state index is 0.258. The van der Waals surface area contributed by atoms with Gasteiger partial charge in [-0.3, -0.25) is 4.90 Å². The van der Waals surface area contributed by atoms with Gasteiger partial charge in [-0.15, -0.1) is 0 Å². The van der Waals surface area contributed by atoms with Crippen molar-refractivity contribution in [3.05, 3.63) is 29.3 Å². The average molecular weight is 288 g/mol. The van der Waals surface area contributed by atoms with E-state index in [4.69, 9.17) is 10.00 Å². The van der Waals surface area contributed by atoms with Crippen LogP contribution in [0.2, 0.25) is 0 Å². The molecule has 1 aromatic carbocycles. The van der Waals surface area contributed by atoms with Crippen LogP contribution in [0.4, 0.5) is 0 Å². The molecule has 0 radical (unpaired) electrons. The van der Waals surface area contributed by atoms with Crippen molar-refractivity contribution >= 4 is 0 Å². The number of ether oxygens (including phenoxy) is 1. The first-order chi connectivity index (χ1) is 10.1. The van der Waals surface area contributed by atoms with E-state index in [1.807, 2.05) is 25.1 Å². The molecule has 2 unspecified atom stereocenters. The molecule has 1 aromatic rings. The van der Waals surface area contributed by atoms with Crippen LogP contribution >= 0.6 is 0 Å². The molecule has 4 nitrogen and oxygen atoms in total. The zero-order valence-electron chi connectivity index (χ0n) is 12.9. The number of methoxy groups -OCH3 is 1. The van der Waals surface area contributed by atoms with Gasteiger partial charge in [0, 0.05) is 12.6 Å². The molecule has 0 saturated carbocycles. The molecule has 1 heterocycles. The number of rotatable bonds is 5. The highest BCUT2D eigenvalue weighted by molar-refractivity contribution is 5.45. The molecular formula is C17H24N2O2. The summed E-state index contributed by atoms with van der Waals surface area (Å²) in [5.41, 5.74) is 1.73. The van der Waals surface area contributed by atoms with Gasteiger partial charge >= 0.3 is 0 Å². The molecule has 0 bridgehead atoms. The Bertz CT molecular complexity index is 508. The number of aliphatic hydroxyl groups is 1. The van der Waals surface area contributed by atoms with E-state index in [1.165, 1.54) is 12.8 Å². The van der Waals surface area contributed by atoms with E-state index in [0.717, 1.165) is 31.5 Å². The monoisotopic (exact) mass is 288 g/mol. The Morgan fingerprint density at radius 2 is 2.29 bits per heavy atom. The summed E-state index contributed by atoms with van der Waals surface area (Å²) in [6.07, 6.45) is 4.17. The molecule has 1 fully saturated rings.